The van der Waals surface area contributed by atoms with Gasteiger partial charge in [0, 0.05) is 16.8 Å². The van der Waals surface area contributed by atoms with Gasteiger partial charge >= 0.3 is 0 Å². The summed E-state index contributed by atoms with van der Waals surface area (Å²) >= 11 is 6.14. The van der Waals surface area contributed by atoms with E-state index in [1.165, 1.54) is 6.33 Å². The highest BCUT2D eigenvalue weighted by molar-refractivity contribution is 6.32. The Hall–Kier alpha value is -1.68. The predicted molar refractivity (Wildman–Crippen MR) is 68.8 cm³/mol. The monoisotopic (exact) mass is 248 g/mol. The Morgan fingerprint density at radius 2 is 2.06 bits per heavy atom. The number of hydrogen-bond acceptors (Lipinski definition) is 4. The minimum Gasteiger partial charge on any atom is -0.384 e. The molecular formula is C12H13ClN4. The summed E-state index contributed by atoms with van der Waals surface area (Å²) in [6, 6.07) is 3.66. The first kappa shape index (κ1) is 11.8. The summed E-state index contributed by atoms with van der Waals surface area (Å²) in [7, 11) is 0. The topological polar surface area (TPSA) is 64.7 Å². The van der Waals surface area contributed by atoms with Gasteiger partial charge in [0.1, 0.15) is 17.3 Å². The molecule has 0 aromatic carbocycles. The van der Waals surface area contributed by atoms with E-state index < -0.39 is 0 Å². The van der Waals surface area contributed by atoms with Crippen LogP contribution in [-0.4, -0.2) is 15.0 Å². The lowest BCUT2D eigenvalue weighted by Crippen LogP contribution is -1.99. The number of rotatable bonds is 2. The zero-order valence-corrected chi connectivity index (χ0v) is 10.5. The highest BCUT2D eigenvalue weighted by atomic mass is 35.5. The molecule has 17 heavy (non-hydrogen) atoms. The molecule has 0 aliphatic rings. The minimum absolute atomic E-state index is 0.450. The number of hydrogen-bond donors (Lipinski definition) is 1. The largest absolute Gasteiger partial charge is 0.384 e. The van der Waals surface area contributed by atoms with Gasteiger partial charge in [0.15, 0.2) is 0 Å². The zero-order valence-electron chi connectivity index (χ0n) is 9.74. The maximum atomic E-state index is 6.14. The maximum absolute atomic E-state index is 6.14. The molecule has 0 unspecified atom stereocenters. The summed E-state index contributed by atoms with van der Waals surface area (Å²) in [6.45, 7) is 3.93. The van der Waals surface area contributed by atoms with Crippen molar-refractivity contribution in [2.24, 2.45) is 0 Å². The molecule has 0 saturated carbocycles. The van der Waals surface area contributed by atoms with Crippen molar-refractivity contribution in [3.8, 4) is 11.1 Å². The molecule has 0 fully saturated rings. The van der Waals surface area contributed by atoms with Gasteiger partial charge < -0.3 is 5.73 Å². The number of nitrogen functional groups attached to an aromatic ring is 1. The van der Waals surface area contributed by atoms with Gasteiger partial charge in [-0.25, -0.2) is 15.0 Å². The Bertz CT molecular complexity index is 554. The van der Waals surface area contributed by atoms with E-state index in [0.29, 0.717) is 11.0 Å². The molecule has 5 heteroatoms. The van der Waals surface area contributed by atoms with Gasteiger partial charge in [0.25, 0.3) is 0 Å². The Balaban J connectivity index is 2.67. The smallest absolute Gasteiger partial charge is 0.140 e. The number of pyridine rings is 1. The second kappa shape index (κ2) is 4.67. The van der Waals surface area contributed by atoms with E-state index in [-0.39, 0.29) is 0 Å². The van der Waals surface area contributed by atoms with Crippen LogP contribution >= 0.6 is 11.6 Å². The summed E-state index contributed by atoms with van der Waals surface area (Å²) in [5.74, 6) is 0.497. The molecule has 0 aliphatic carbocycles. The van der Waals surface area contributed by atoms with E-state index in [1.807, 2.05) is 19.9 Å². The van der Waals surface area contributed by atoms with Crippen LogP contribution < -0.4 is 5.73 Å². The third-order valence-electron chi connectivity index (χ3n) is 2.59. The molecule has 0 radical (unpaired) electrons. The maximum Gasteiger partial charge on any atom is 0.140 e. The van der Waals surface area contributed by atoms with Crippen molar-refractivity contribution < 1.29 is 0 Å². The lowest BCUT2D eigenvalue weighted by Gasteiger charge is -2.10. The number of aromatic nitrogens is 3. The molecule has 88 valence electrons. The van der Waals surface area contributed by atoms with Gasteiger partial charge in [0.2, 0.25) is 0 Å². The van der Waals surface area contributed by atoms with Crippen molar-refractivity contribution in [3.63, 3.8) is 0 Å². The molecule has 0 atom stereocenters. The SMILES string of the molecule is CCc1ncnc(Cl)c1-c1ccc(N)nc1C. The summed E-state index contributed by atoms with van der Waals surface area (Å²) in [5.41, 5.74) is 9.17. The number of nitrogens with zero attached hydrogens (tertiary/aromatic N) is 3. The summed E-state index contributed by atoms with van der Waals surface area (Å²) in [5, 5.41) is 0.450. The van der Waals surface area contributed by atoms with Crippen LogP contribution in [0.2, 0.25) is 5.15 Å². The van der Waals surface area contributed by atoms with E-state index in [2.05, 4.69) is 15.0 Å². The van der Waals surface area contributed by atoms with Crippen LogP contribution in [0.5, 0.6) is 0 Å². The van der Waals surface area contributed by atoms with Gasteiger partial charge in [-0.2, -0.15) is 0 Å². The van der Waals surface area contributed by atoms with Crippen molar-refractivity contribution in [1.82, 2.24) is 15.0 Å². The molecular weight excluding hydrogens is 236 g/mol. The highest BCUT2D eigenvalue weighted by Crippen LogP contribution is 2.31. The molecule has 2 rings (SSSR count). The van der Waals surface area contributed by atoms with Crippen LogP contribution in [0.4, 0.5) is 5.82 Å². The molecule has 0 aliphatic heterocycles. The van der Waals surface area contributed by atoms with Crippen molar-refractivity contribution in [3.05, 3.63) is 35.0 Å². The van der Waals surface area contributed by atoms with Gasteiger partial charge in [-0.3, -0.25) is 0 Å². The number of aryl methyl sites for hydroxylation is 2. The fourth-order valence-corrected chi connectivity index (χ4v) is 2.03. The molecule has 0 amide bonds. The van der Waals surface area contributed by atoms with E-state index in [4.69, 9.17) is 17.3 Å². The van der Waals surface area contributed by atoms with E-state index >= 15 is 0 Å². The van der Waals surface area contributed by atoms with Crippen molar-refractivity contribution in [2.75, 3.05) is 5.73 Å². The molecule has 2 aromatic rings. The molecule has 0 saturated heterocycles. The van der Waals surface area contributed by atoms with E-state index in [0.717, 1.165) is 28.9 Å². The normalized spacial score (nSPS) is 10.5. The Morgan fingerprint density at radius 3 is 2.71 bits per heavy atom. The lowest BCUT2D eigenvalue weighted by molar-refractivity contribution is 1.000. The van der Waals surface area contributed by atoms with Crippen LogP contribution in [0.3, 0.4) is 0 Å². The van der Waals surface area contributed by atoms with Crippen LogP contribution in [0.15, 0.2) is 18.5 Å². The standard InChI is InChI=1S/C12H13ClN4/c1-3-9-11(12(13)16-6-15-9)8-4-5-10(14)17-7(8)2/h4-6H,3H2,1-2H3,(H2,14,17). The second-order valence-corrected chi connectivity index (χ2v) is 4.07. The summed E-state index contributed by atoms with van der Waals surface area (Å²) < 4.78 is 0. The third-order valence-corrected chi connectivity index (χ3v) is 2.88. The van der Waals surface area contributed by atoms with Gasteiger partial charge in [-0.05, 0) is 25.5 Å². The Morgan fingerprint density at radius 1 is 1.29 bits per heavy atom. The highest BCUT2D eigenvalue weighted by Gasteiger charge is 2.13. The third kappa shape index (κ3) is 2.22. The van der Waals surface area contributed by atoms with E-state index in [1.54, 1.807) is 6.07 Å². The predicted octanol–water partition coefficient (Wildman–Crippen LogP) is 2.65. The minimum atomic E-state index is 0.450. The molecule has 2 heterocycles. The van der Waals surface area contributed by atoms with E-state index in [9.17, 15) is 0 Å². The second-order valence-electron chi connectivity index (χ2n) is 3.71. The molecule has 2 aromatic heterocycles. The quantitative estimate of drug-likeness (QED) is 0.830. The van der Waals surface area contributed by atoms with Crippen LogP contribution in [0.25, 0.3) is 11.1 Å². The summed E-state index contributed by atoms with van der Waals surface area (Å²) in [6.07, 6.45) is 2.27. The lowest BCUT2D eigenvalue weighted by atomic mass is 10.0. The van der Waals surface area contributed by atoms with Crippen LogP contribution in [0, 0.1) is 6.92 Å². The Kier molecular flexibility index (Phi) is 3.24. The first-order valence-electron chi connectivity index (χ1n) is 5.36. The van der Waals surface area contributed by atoms with Gasteiger partial charge in [-0.15, -0.1) is 0 Å². The van der Waals surface area contributed by atoms with Gasteiger partial charge in [-0.1, -0.05) is 18.5 Å². The van der Waals surface area contributed by atoms with Crippen molar-refractivity contribution in [2.45, 2.75) is 20.3 Å². The van der Waals surface area contributed by atoms with Crippen molar-refractivity contribution in [1.29, 1.82) is 0 Å². The van der Waals surface area contributed by atoms with Crippen LogP contribution in [0.1, 0.15) is 18.3 Å². The fourth-order valence-electron chi connectivity index (χ4n) is 1.78. The molecule has 2 N–H and O–H groups in total. The zero-order chi connectivity index (χ0) is 12.4. The number of nitrogens with two attached hydrogens (primary N) is 1. The molecule has 0 spiro atoms. The molecule has 0 bridgehead atoms. The number of anilines is 1. The fraction of sp³-hybridized carbons (Fsp3) is 0.250. The summed E-state index contributed by atoms with van der Waals surface area (Å²) in [4.78, 5) is 12.5. The average molecular weight is 249 g/mol. The average Bonchev–Trinajstić information content (AvgIpc) is 2.30. The first-order valence-corrected chi connectivity index (χ1v) is 5.74. The van der Waals surface area contributed by atoms with Crippen LogP contribution in [-0.2, 0) is 6.42 Å². The Labute approximate surface area is 105 Å². The van der Waals surface area contributed by atoms with Crippen molar-refractivity contribution >= 4 is 17.4 Å². The first-order chi connectivity index (χ1) is 8.13. The molecule has 4 nitrogen and oxygen atoms in total. The van der Waals surface area contributed by atoms with Gasteiger partial charge in [0.05, 0.1) is 5.69 Å². The number of halogens is 1.